The molecule has 0 heterocycles. The Hall–Kier alpha value is -1.55. The van der Waals surface area contributed by atoms with Crippen LogP contribution in [0.25, 0.3) is 0 Å². The summed E-state index contributed by atoms with van der Waals surface area (Å²) in [7, 11) is 0. The molecule has 0 amide bonds. The molecule has 0 fully saturated rings. The minimum Gasteiger partial charge on any atom is -0.465 e. The summed E-state index contributed by atoms with van der Waals surface area (Å²) in [5.41, 5.74) is 7.06. The van der Waals surface area contributed by atoms with Gasteiger partial charge in [-0.3, -0.25) is 4.79 Å². The van der Waals surface area contributed by atoms with Crippen LogP contribution in [0.5, 0.6) is 0 Å². The van der Waals surface area contributed by atoms with Gasteiger partial charge < -0.3 is 15.6 Å². The number of anilines is 1. The van der Waals surface area contributed by atoms with Gasteiger partial charge >= 0.3 is 5.97 Å². The number of hydrogen-bond donors (Lipinski definition) is 2. The van der Waals surface area contributed by atoms with Crippen molar-refractivity contribution in [3.8, 4) is 0 Å². The van der Waals surface area contributed by atoms with E-state index in [1.54, 1.807) is 24.3 Å². The minimum atomic E-state index is -0.284. The summed E-state index contributed by atoms with van der Waals surface area (Å²) in [5, 5.41) is 8.49. The number of aliphatic hydroxyl groups excluding tert-OH is 1. The molecule has 1 rings (SSSR count). The summed E-state index contributed by atoms with van der Waals surface area (Å²) in [5.74, 6) is -0.284. The zero-order chi connectivity index (χ0) is 11.1. The normalized spacial score (nSPS) is 9.93. The topological polar surface area (TPSA) is 72.6 Å². The first-order valence-corrected chi connectivity index (χ1v) is 4.83. The Labute approximate surface area is 88.7 Å². The van der Waals surface area contributed by atoms with Gasteiger partial charge in [0.25, 0.3) is 0 Å². The summed E-state index contributed by atoms with van der Waals surface area (Å²) in [6, 6.07) is 7.08. The van der Waals surface area contributed by atoms with Gasteiger partial charge in [0, 0.05) is 18.7 Å². The number of esters is 1. The number of carbonyl (C=O) groups is 1. The van der Waals surface area contributed by atoms with E-state index in [0.29, 0.717) is 12.1 Å². The maximum atomic E-state index is 11.2. The molecule has 0 spiro atoms. The molecule has 0 saturated heterocycles. The first-order valence-electron chi connectivity index (χ1n) is 4.83. The van der Waals surface area contributed by atoms with E-state index < -0.39 is 0 Å². The van der Waals surface area contributed by atoms with E-state index in [2.05, 4.69) is 0 Å². The molecule has 4 heteroatoms. The van der Waals surface area contributed by atoms with Gasteiger partial charge in [-0.05, 0) is 17.7 Å². The second-order valence-corrected chi connectivity index (χ2v) is 3.22. The number of benzene rings is 1. The van der Waals surface area contributed by atoms with Crippen LogP contribution in [0.2, 0.25) is 0 Å². The van der Waals surface area contributed by atoms with E-state index in [1.807, 2.05) is 0 Å². The number of nitrogen functional groups attached to an aromatic ring is 1. The molecule has 0 saturated carbocycles. The zero-order valence-corrected chi connectivity index (χ0v) is 8.48. The first kappa shape index (κ1) is 11.5. The van der Waals surface area contributed by atoms with Gasteiger partial charge in [-0.25, -0.2) is 0 Å². The number of rotatable bonds is 5. The maximum Gasteiger partial charge on any atom is 0.310 e. The third-order valence-electron chi connectivity index (χ3n) is 1.89. The fraction of sp³-hybridized carbons (Fsp3) is 0.364. The minimum absolute atomic E-state index is 0.0369. The van der Waals surface area contributed by atoms with Crippen LogP contribution in [0.3, 0.4) is 0 Å². The predicted molar refractivity (Wildman–Crippen MR) is 57.2 cm³/mol. The van der Waals surface area contributed by atoms with Crippen LogP contribution >= 0.6 is 0 Å². The number of hydrogen-bond acceptors (Lipinski definition) is 4. The van der Waals surface area contributed by atoms with Crippen LogP contribution in [0, 0.1) is 0 Å². The lowest BCUT2D eigenvalue weighted by Crippen LogP contribution is -2.09. The van der Waals surface area contributed by atoms with Gasteiger partial charge in [-0.1, -0.05) is 12.1 Å². The van der Waals surface area contributed by atoms with Crippen LogP contribution in [0.1, 0.15) is 12.0 Å². The van der Waals surface area contributed by atoms with Gasteiger partial charge in [-0.15, -0.1) is 0 Å². The van der Waals surface area contributed by atoms with Crippen LogP contribution in [0.4, 0.5) is 5.69 Å². The summed E-state index contributed by atoms with van der Waals surface area (Å²) in [4.78, 5) is 11.2. The van der Waals surface area contributed by atoms with Crippen molar-refractivity contribution in [2.75, 3.05) is 18.9 Å². The number of carbonyl (C=O) groups excluding carboxylic acids is 1. The van der Waals surface area contributed by atoms with Gasteiger partial charge in [0.05, 0.1) is 13.0 Å². The Morgan fingerprint density at radius 1 is 1.33 bits per heavy atom. The molecule has 0 atom stereocenters. The molecule has 0 aliphatic carbocycles. The number of aliphatic hydroxyl groups is 1. The van der Waals surface area contributed by atoms with Crippen molar-refractivity contribution in [3.05, 3.63) is 29.8 Å². The number of nitrogens with two attached hydrogens (primary N) is 1. The van der Waals surface area contributed by atoms with Crippen LogP contribution in [-0.2, 0) is 16.0 Å². The van der Waals surface area contributed by atoms with Crippen molar-refractivity contribution in [1.29, 1.82) is 0 Å². The van der Waals surface area contributed by atoms with E-state index in [4.69, 9.17) is 15.6 Å². The highest BCUT2D eigenvalue weighted by atomic mass is 16.5. The van der Waals surface area contributed by atoms with Crippen molar-refractivity contribution in [3.63, 3.8) is 0 Å². The van der Waals surface area contributed by atoms with Gasteiger partial charge in [0.2, 0.25) is 0 Å². The van der Waals surface area contributed by atoms with Crippen LogP contribution in [0.15, 0.2) is 24.3 Å². The summed E-state index contributed by atoms with van der Waals surface area (Å²) in [6.45, 7) is 0.305. The molecule has 1 aromatic carbocycles. The molecule has 0 radical (unpaired) electrons. The molecule has 0 aliphatic rings. The molecule has 15 heavy (non-hydrogen) atoms. The van der Waals surface area contributed by atoms with E-state index >= 15 is 0 Å². The fourth-order valence-electron chi connectivity index (χ4n) is 1.10. The fourth-order valence-corrected chi connectivity index (χ4v) is 1.10. The Kier molecular flexibility index (Phi) is 4.63. The van der Waals surface area contributed by atoms with Crippen molar-refractivity contribution in [1.82, 2.24) is 0 Å². The molecule has 0 aliphatic heterocycles. The van der Waals surface area contributed by atoms with E-state index in [1.165, 1.54) is 0 Å². The van der Waals surface area contributed by atoms with Gasteiger partial charge in [0.15, 0.2) is 0 Å². The summed E-state index contributed by atoms with van der Waals surface area (Å²) >= 11 is 0. The van der Waals surface area contributed by atoms with Crippen molar-refractivity contribution >= 4 is 11.7 Å². The van der Waals surface area contributed by atoms with Crippen molar-refractivity contribution in [2.24, 2.45) is 0 Å². The first-order chi connectivity index (χ1) is 7.22. The van der Waals surface area contributed by atoms with E-state index in [9.17, 15) is 4.79 Å². The Balaban J connectivity index is 2.34. The summed E-state index contributed by atoms with van der Waals surface area (Å²) in [6.07, 6.45) is 0.721. The van der Waals surface area contributed by atoms with Crippen molar-refractivity contribution < 1.29 is 14.6 Å². The lowest BCUT2D eigenvalue weighted by molar-refractivity contribution is -0.143. The summed E-state index contributed by atoms with van der Waals surface area (Å²) < 4.78 is 4.89. The molecule has 4 nitrogen and oxygen atoms in total. The monoisotopic (exact) mass is 209 g/mol. The predicted octanol–water partition coefficient (Wildman–Crippen LogP) is 0.737. The lowest BCUT2D eigenvalue weighted by atomic mass is 10.1. The smallest absolute Gasteiger partial charge is 0.310 e. The third-order valence-corrected chi connectivity index (χ3v) is 1.89. The van der Waals surface area contributed by atoms with Crippen molar-refractivity contribution in [2.45, 2.75) is 12.8 Å². The Morgan fingerprint density at radius 3 is 2.60 bits per heavy atom. The van der Waals surface area contributed by atoms with E-state index in [0.717, 1.165) is 5.56 Å². The third kappa shape index (κ3) is 4.46. The van der Waals surface area contributed by atoms with E-state index in [-0.39, 0.29) is 25.6 Å². The van der Waals surface area contributed by atoms with Crippen LogP contribution in [-0.4, -0.2) is 24.3 Å². The zero-order valence-electron chi connectivity index (χ0n) is 8.48. The standard InChI is InChI=1S/C11H15NO3/c12-10-4-2-9(3-5-10)8-11(14)15-7-1-6-13/h2-5,13H,1,6-8,12H2. The second kappa shape index (κ2) is 6.03. The highest BCUT2D eigenvalue weighted by molar-refractivity contribution is 5.72. The number of ether oxygens (including phenoxy) is 1. The molecule has 1 aromatic rings. The van der Waals surface area contributed by atoms with Gasteiger partial charge in [0.1, 0.15) is 0 Å². The maximum absolute atomic E-state index is 11.2. The molecule has 3 N–H and O–H groups in total. The molecular formula is C11H15NO3. The highest BCUT2D eigenvalue weighted by Crippen LogP contribution is 2.06. The molecule has 0 bridgehead atoms. The molecule has 0 unspecified atom stereocenters. The molecule has 0 aromatic heterocycles. The quantitative estimate of drug-likeness (QED) is 0.426. The molecular weight excluding hydrogens is 194 g/mol. The average molecular weight is 209 g/mol. The average Bonchev–Trinajstić information content (AvgIpc) is 2.22. The lowest BCUT2D eigenvalue weighted by Gasteiger charge is -2.03. The Bertz CT molecular complexity index is 308. The van der Waals surface area contributed by atoms with Crippen LogP contribution < -0.4 is 5.73 Å². The Morgan fingerprint density at radius 2 is 2.00 bits per heavy atom. The SMILES string of the molecule is Nc1ccc(CC(=O)OCCCO)cc1. The van der Waals surface area contributed by atoms with Gasteiger partial charge in [-0.2, -0.15) is 0 Å². The molecule has 82 valence electrons. The largest absolute Gasteiger partial charge is 0.465 e. The highest BCUT2D eigenvalue weighted by Gasteiger charge is 2.03. The second-order valence-electron chi connectivity index (χ2n) is 3.22.